The van der Waals surface area contributed by atoms with Crippen molar-refractivity contribution < 1.29 is 14.3 Å². The normalized spacial score (nSPS) is 18.3. The molecule has 4 heteroatoms. The number of carbonyl (C=O) groups is 1. The molecule has 1 heterocycles. The molecule has 1 aliphatic rings. The molecule has 0 aromatic heterocycles. The number of rotatable bonds is 3. The summed E-state index contributed by atoms with van der Waals surface area (Å²) in [4.78, 5) is 12.0. The summed E-state index contributed by atoms with van der Waals surface area (Å²) in [5, 5.41) is 3.39. The van der Waals surface area contributed by atoms with Crippen molar-refractivity contribution in [3.05, 3.63) is 29.3 Å². The van der Waals surface area contributed by atoms with Crippen LogP contribution in [0.5, 0.6) is 5.75 Å². The smallest absolute Gasteiger partial charge is 0.308 e. The maximum Gasteiger partial charge on any atom is 0.308 e. The molecule has 0 saturated heterocycles. The van der Waals surface area contributed by atoms with Crippen molar-refractivity contribution in [3.8, 4) is 5.75 Å². The summed E-state index contributed by atoms with van der Waals surface area (Å²) in [6, 6.07) is 6.06. The van der Waals surface area contributed by atoms with Gasteiger partial charge in [-0.1, -0.05) is 6.07 Å². The van der Waals surface area contributed by atoms with E-state index in [-0.39, 0.29) is 12.0 Å². The van der Waals surface area contributed by atoms with Gasteiger partial charge in [0.05, 0.1) is 13.5 Å². The molecule has 0 spiro atoms. The monoisotopic (exact) mass is 277 g/mol. The van der Waals surface area contributed by atoms with E-state index in [0.717, 1.165) is 18.7 Å². The molecule has 0 radical (unpaired) electrons. The zero-order chi connectivity index (χ0) is 14.8. The maximum absolute atomic E-state index is 12.0. The molecule has 110 valence electrons. The largest absolute Gasteiger partial charge is 0.497 e. The molecule has 0 aliphatic carbocycles. The van der Waals surface area contributed by atoms with Gasteiger partial charge in [-0.3, -0.25) is 4.79 Å². The van der Waals surface area contributed by atoms with Gasteiger partial charge >= 0.3 is 5.97 Å². The van der Waals surface area contributed by atoms with E-state index in [1.54, 1.807) is 7.11 Å². The minimum Gasteiger partial charge on any atom is -0.497 e. The quantitative estimate of drug-likeness (QED) is 0.863. The van der Waals surface area contributed by atoms with Crippen molar-refractivity contribution in [2.24, 2.45) is 0 Å². The van der Waals surface area contributed by atoms with Crippen LogP contribution in [0.3, 0.4) is 0 Å². The van der Waals surface area contributed by atoms with Crippen molar-refractivity contribution in [2.45, 2.75) is 45.3 Å². The number of hydrogen-bond donors (Lipinski definition) is 1. The Hall–Kier alpha value is -1.55. The van der Waals surface area contributed by atoms with Crippen molar-refractivity contribution in [2.75, 3.05) is 13.7 Å². The van der Waals surface area contributed by atoms with Crippen LogP contribution in [-0.2, 0) is 16.0 Å². The van der Waals surface area contributed by atoms with Crippen molar-refractivity contribution >= 4 is 5.97 Å². The van der Waals surface area contributed by atoms with Crippen LogP contribution < -0.4 is 10.1 Å². The van der Waals surface area contributed by atoms with Crippen LogP contribution >= 0.6 is 0 Å². The Bertz CT molecular complexity index is 491. The van der Waals surface area contributed by atoms with Crippen LogP contribution in [0.4, 0.5) is 0 Å². The molecule has 1 N–H and O–H groups in total. The number of esters is 1. The number of methoxy groups -OCH3 is 1. The molecule has 20 heavy (non-hydrogen) atoms. The highest BCUT2D eigenvalue weighted by molar-refractivity contribution is 5.71. The van der Waals surface area contributed by atoms with E-state index < -0.39 is 5.60 Å². The number of benzene rings is 1. The molecule has 1 aromatic carbocycles. The number of fused-ring (bicyclic) bond motifs is 1. The van der Waals surface area contributed by atoms with E-state index in [2.05, 4.69) is 11.4 Å². The van der Waals surface area contributed by atoms with Gasteiger partial charge in [0.15, 0.2) is 0 Å². The summed E-state index contributed by atoms with van der Waals surface area (Å²) < 4.78 is 10.6. The lowest BCUT2D eigenvalue weighted by Gasteiger charge is -2.28. The Kier molecular flexibility index (Phi) is 4.33. The lowest BCUT2D eigenvalue weighted by Crippen LogP contribution is -2.33. The van der Waals surface area contributed by atoms with Gasteiger partial charge in [0.2, 0.25) is 0 Å². The van der Waals surface area contributed by atoms with Crippen LogP contribution in [0.2, 0.25) is 0 Å². The second-order valence-corrected chi connectivity index (χ2v) is 6.11. The van der Waals surface area contributed by atoms with Crippen LogP contribution in [0.1, 0.15) is 44.4 Å². The summed E-state index contributed by atoms with van der Waals surface area (Å²) in [5.41, 5.74) is 1.98. The number of nitrogens with one attached hydrogen (secondary N) is 1. The highest BCUT2D eigenvalue weighted by atomic mass is 16.6. The second kappa shape index (κ2) is 5.83. The Morgan fingerprint density at radius 2 is 2.15 bits per heavy atom. The second-order valence-electron chi connectivity index (χ2n) is 6.11. The molecule has 1 aromatic rings. The fourth-order valence-corrected chi connectivity index (χ4v) is 2.49. The van der Waals surface area contributed by atoms with E-state index in [0.29, 0.717) is 6.42 Å². The van der Waals surface area contributed by atoms with E-state index in [1.807, 2.05) is 32.9 Å². The van der Waals surface area contributed by atoms with E-state index in [4.69, 9.17) is 9.47 Å². The zero-order valence-electron chi connectivity index (χ0n) is 12.7. The fraction of sp³-hybridized carbons (Fsp3) is 0.562. The SMILES string of the molecule is COc1ccc2c(c1)CCN[C@H]2CC(=O)OC(C)(C)C. The standard InChI is InChI=1S/C16H23NO3/c1-16(2,3)20-15(18)10-14-13-6-5-12(19-4)9-11(13)7-8-17-14/h5-6,9,14,17H,7-8,10H2,1-4H3/t14-/m0/s1. The minimum atomic E-state index is -0.436. The lowest BCUT2D eigenvalue weighted by atomic mass is 9.92. The third-order valence-electron chi connectivity index (χ3n) is 3.30. The number of hydrogen-bond acceptors (Lipinski definition) is 4. The highest BCUT2D eigenvalue weighted by Crippen LogP contribution is 2.29. The molecule has 2 rings (SSSR count). The van der Waals surface area contributed by atoms with Gasteiger partial charge in [0.25, 0.3) is 0 Å². The molecule has 1 aliphatic heterocycles. The van der Waals surface area contributed by atoms with Gasteiger partial charge < -0.3 is 14.8 Å². The Balaban J connectivity index is 2.10. The summed E-state index contributed by atoms with van der Waals surface area (Å²) >= 11 is 0. The molecule has 0 bridgehead atoms. The van der Waals surface area contributed by atoms with Crippen molar-refractivity contribution in [1.82, 2.24) is 5.32 Å². The molecular formula is C16H23NO3. The first kappa shape index (κ1) is 14.9. The maximum atomic E-state index is 12.0. The predicted molar refractivity (Wildman–Crippen MR) is 77.9 cm³/mol. The minimum absolute atomic E-state index is 0.0273. The molecule has 4 nitrogen and oxygen atoms in total. The Labute approximate surface area is 120 Å². The van der Waals surface area contributed by atoms with Gasteiger partial charge in [-0.2, -0.15) is 0 Å². The summed E-state index contributed by atoms with van der Waals surface area (Å²) in [6.45, 7) is 6.53. The number of ether oxygens (including phenoxy) is 2. The summed E-state index contributed by atoms with van der Waals surface area (Å²) in [7, 11) is 1.67. The molecule has 0 saturated carbocycles. The summed E-state index contributed by atoms with van der Waals surface area (Å²) in [6.07, 6.45) is 1.31. The van der Waals surface area contributed by atoms with Gasteiger partial charge in [-0.25, -0.2) is 0 Å². The molecule has 0 unspecified atom stereocenters. The van der Waals surface area contributed by atoms with Gasteiger partial charge in [-0.05, 0) is 57.0 Å². The lowest BCUT2D eigenvalue weighted by molar-refractivity contribution is -0.155. The number of carbonyl (C=O) groups excluding carboxylic acids is 1. The molecular weight excluding hydrogens is 254 g/mol. The van der Waals surface area contributed by atoms with E-state index >= 15 is 0 Å². The van der Waals surface area contributed by atoms with Gasteiger partial charge in [0.1, 0.15) is 11.4 Å². The third kappa shape index (κ3) is 3.73. The topological polar surface area (TPSA) is 47.6 Å². The average molecular weight is 277 g/mol. The van der Waals surface area contributed by atoms with Crippen LogP contribution in [0, 0.1) is 0 Å². The third-order valence-corrected chi connectivity index (χ3v) is 3.30. The Morgan fingerprint density at radius 1 is 1.40 bits per heavy atom. The Morgan fingerprint density at radius 3 is 2.80 bits per heavy atom. The van der Waals surface area contributed by atoms with E-state index in [1.165, 1.54) is 11.1 Å². The predicted octanol–water partition coefficient (Wildman–Crippen LogP) is 2.61. The molecule has 1 atom stereocenters. The molecule has 0 amide bonds. The van der Waals surface area contributed by atoms with Gasteiger partial charge in [0, 0.05) is 6.04 Å². The first-order chi connectivity index (χ1) is 9.39. The highest BCUT2D eigenvalue weighted by Gasteiger charge is 2.25. The summed E-state index contributed by atoms with van der Waals surface area (Å²) in [5.74, 6) is 0.695. The molecule has 0 fully saturated rings. The van der Waals surface area contributed by atoms with Crippen molar-refractivity contribution in [1.29, 1.82) is 0 Å². The fourth-order valence-electron chi connectivity index (χ4n) is 2.49. The van der Waals surface area contributed by atoms with Crippen molar-refractivity contribution in [3.63, 3.8) is 0 Å². The first-order valence-corrected chi connectivity index (χ1v) is 7.01. The zero-order valence-corrected chi connectivity index (χ0v) is 12.7. The van der Waals surface area contributed by atoms with E-state index in [9.17, 15) is 4.79 Å². The van der Waals surface area contributed by atoms with Gasteiger partial charge in [-0.15, -0.1) is 0 Å². The van der Waals surface area contributed by atoms with Crippen LogP contribution in [-0.4, -0.2) is 25.2 Å². The van der Waals surface area contributed by atoms with Crippen LogP contribution in [0.15, 0.2) is 18.2 Å². The van der Waals surface area contributed by atoms with Crippen LogP contribution in [0.25, 0.3) is 0 Å². The average Bonchev–Trinajstić information content (AvgIpc) is 2.36. The first-order valence-electron chi connectivity index (χ1n) is 7.01.